The van der Waals surface area contributed by atoms with Gasteiger partial charge in [-0.25, -0.2) is 0 Å². The minimum Gasteiger partial charge on any atom is -0.498 e. The van der Waals surface area contributed by atoms with Crippen molar-refractivity contribution in [3.8, 4) is 0 Å². The molecule has 0 bridgehead atoms. The maximum Gasteiger partial charge on any atom is 0.199 e. The van der Waals surface area contributed by atoms with E-state index in [9.17, 15) is 8.78 Å². The van der Waals surface area contributed by atoms with Gasteiger partial charge in [0, 0.05) is 12.3 Å². The zero-order chi connectivity index (χ0) is 20.5. The summed E-state index contributed by atoms with van der Waals surface area (Å²) in [5.74, 6) is -0.351. The van der Waals surface area contributed by atoms with E-state index in [4.69, 9.17) is 14.2 Å². The third-order valence-corrected chi connectivity index (χ3v) is 6.10. The molecule has 2 aliphatic rings. The Balaban J connectivity index is 1.79. The van der Waals surface area contributed by atoms with E-state index in [0.717, 1.165) is 38.7 Å². The van der Waals surface area contributed by atoms with E-state index in [1.807, 2.05) is 0 Å². The van der Waals surface area contributed by atoms with Crippen molar-refractivity contribution in [1.82, 2.24) is 0 Å². The van der Waals surface area contributed by atoms with E-state index in [2.05, 4.69) is 19.1 Å². The molecule has 2 unspecified atom stereocenters. The van der Waals surface area contributed by atoms with Gasteiger partial charge in [-0.05, 0) is 64.2 Å². The first-order chi connectivity index (χ1) is 13.5. The summed E-state index contributed by atoms with van der Waals surface area (Å²) in [6.07, 6.45) is 11.7. The Hall–Kier alpha value is -1.36. The second-order valence-corrected chi connectivity index (χ2v) is 7.99. The van der Waals surface area contributed by atoms with E-state index in [-0.39, 0.29) is 11.5 Å². The molecule has 3 nitrogen and oxygen atoms in total. The summed E-state index contributed by atoms with van der Waals surface area (Å²) in [7, 11) is 1.32. The Bertz CT molecular complexity index is 566. The molecule has 1 aliphatic carbocycles. The number of hydrogen-bond acceptors (Lipinski definition) is 3. The zero-order valence-electron chi connectivity index (χ0n) is 17.8. The predicted molar refractivity (Wildman–Crippen MR) is 108 cm³/mol. The first kappa shape index (κ1) is 22.9. The molecule has 0 amide bonds. The molecule has 1 heterocycles. The molecule has 1 aliphatic heterocycles. The van der Waals surface area contributed by atoms with Crippen LogP contribution in [0.25, 0.3) is 0 Å². The molecule has 0 aromatic carbocycles. The van der Waals surface area contributed by atoms with Gasteiger partial charge in [-0.3, -0.25) is 0 Å². The highest BCUT2D eigenvalue weighted by Gasteiger charge is 2.31. The van der Waals surface area contributed by atoms with Crippen LogP contribution in [0.3, 0.4) is 0 Å². The van der Waals surface area contributed by atoms with Crippen molar-refractivity contribution in [3.63, 3.8) is 0 Å². The molecule has 5 heteroatoms. The van der Waals surface area contributed by atoms with Crippen LogP contribution in [-0.2, 0) is 14.2 Å². The monoisotopic (exact) mass is 398 g/mol. The summed E-state index contributed by atoms with van der Waals surface area (Å²) in [5.41, 5.74) is 0. The average molecular weight is 399 g/mol. The highest BCUT2D eigenvalue weighted by Crippen LogP contribution is 2.36. The second kappa shape index (κ2) is 11.6. The van der Waals surface area contributed by atoms with Crippen LogP contribution >= 0.6 is 0 Å². The van der Waals surface area contributed by atoms with Crippen molar-refractivity contribution in [3.05, 3.63) is 35.3 Å². The van der Waals surface area contributed by atoms with E-state index in [1.165, 1.54) is 20.5 Å². The Labute approximate surface area is 168 Å². The molecule has 2 fully saturated rings. The summed E-state index contributed by atoms with van der Waals surface area (Å²) >= 11 is 0. The Morgan fingerprint density at radius 2 is 1.79 bits per heavy atom. The molecular formula is C23H36F2O3. The van der Waals surface area contributed by atoms with Gasteiger partial charge in [-0.1, -0.05) is 19.1 Å². The SMILES string of the molecule is C/C=C/C1CCC(C2CCC(CO/C(CC)=C(F)/C(F)=C(\C)OC)CC2)OC1. The van der Waals surface area contributed by atoms with Gasteiger partial charge in [0.25, 0.3) is 0 Å². The fourth-order valence-corrected chi connectivity index (χ4v) is 4.22. The molecule has 2 atom stereocenters. The summed E-state index contributed by atoms with van der Waals surface area (Å²) in [6.45, 7) is 6.50. The first-order valence-electron chi connectivity index (χ1n) is 10.7. The van der Waals surface area contributed by atoms with Crippen molar-refractivity contribution in [2.45, 2.75) is 71.8 Å². The van der Waals surface area contributed by atoms with E-state index in [0.29, 0.717) is 36.9 Å². The first-order valence-corrected chi connectivity index (χ1v) is 10.7. The third-order valence-electron chi connectivity index (χ3n) is 6.10. The minimum absolute atomic E-state index is 0.0710. The van der Waals surface area contributed by atoms with E-state index < -0.39 is 11.7 Å². The molecule has 1 saturated heterocycles. The van der Waals surface area contributed by atoms with Gasteiger partial charge in [0.2, 0.25) is 0 Å². The lowest BCUT2D eigenvalue weighted by Gasteiger charge is -2.37. The molecule has 160 valence electrons. The van der Waals surface area contributed by atoms with Gasteiger partial charge in [-0.15, -0.1) is 0 Å². The fourth-order valence-electron chi connectivity index (χ4n) is 4.22. The molecule has 2 rings (SSSR count). The fraction of sp³-hybridized carbons (Fsp3) is 0.739. The molecular weight excluding hydrogens is 362 g/mol. The van der Waals surface area contributed by atoms with Gasteiger partial charge in [0.1, 0.15) is 11.5 Å². The van der Waals surface area contributed by atoms with Crippen LogP contribution in [0.15, 0.2) is 35.3 Å². The van der Waals surface area contributed by atoms with Crippen molar-refractivity contribution in [2.75, 3.05) is 20.3 Å². The summed E-state index contributed by atoms with van der Waals surface area (Å²) in [5, 5.41) is 0. The largest absolute Gasteiger partial charge is 0.498 e. The van der Waals surface area contributed by atoms with Gasteiger partial charge >= 0.3 is 0 Å². The maximum atomic E-state index is 14.3. The van der Waals surface area contributed by atoms with Crippen LogP contribution in [0.5, 0.6) is 0 Å². The smallest absolute Gasteiger partial charge is 0.199 e. The highest BCUT2D eigenvalue weighted by atomic mass is 19.2. The van der Waals surface area contributed by atoms with Gasteiger partial charge in [0.15, 0.2) is 11.7 Å². The Morgan fingerprint density at radius 3 is 2.32 bits per heavy atom. The lowest BCUT2D eigenvalue weighted by atomic mass is 9.77. The summed E-state index contributed by atoms with van der Waals surface area (Å²) < 4.78 is 44.8. The predicted octanol–water partition coefficient (Wildman–Crippen LogP) is 6.62. The van der Waals surface area contributed by atoms with E-state index in [1.54, 1.807) is 6.92 Å². The molecule has 28 heavy (non-hydrogen) atoms. The maximum absolute atomic E-state index is 14.3. The molecule has 0 aromatic heterocycles. The molecule has 0 aromatic rings. The van der Waals surface area contributed by atoms with Crippen molar-refractivity contribution in [2.24, 2.45) is 17.8 Å². The summed E-state index contributed by atoms with van der Waals surface area (Å²) in [4.78, 5) is 0. The van der Waals surface area contributed by atoms with Crippen LogP contribution in [0.2, 0.25) is 0 Å². The minimum atomic E-state index is -0.978. The molecule has 0 spiro atoms. The summed E-state index contributed by atoms with van der Waals surface area (Å²) in [6, 6.07) is 0. The molecule has 1 saturated carbocycles. The van der Waals surface area contributed by atoms with Crippen LogP contribution in [0, 0.1) is 17.8 Å². The van der Waals surface area contributed by atoms with Crippen molar-refractivity contribution < 1.29 is 23.0 Å². The average Bonchev–Trinajstić information content (AvgIpc) is 2.74. The third kappa shape index (κ3) is 6.33. The number of methoxy groups -OCH3 is 1. The number of ether oxygens (including phenoxy) is 3. The number of halogens is 2. The molecule has 0 N–H and O–H groups in total. The quantitative estimate of drug-likeness (QED) is 0.261. The van der Waals surface area contributed by atoms with Gasteiger partial charge in [-0.2, -0.15) is 8.78 Å². The topological polar surface area (TPSA) is 27.7 Å². The zero-order valence-corrected chi connectivity index (χ0v) is 17.8. The van der Waals surface area contributed by atoms with Crippen LogP contribution in [0.1, 0.15) is 65.7 Å². The molecule has 0 radical (unpaired) electrons. The normalized spacial score (nSPS) is 30.6. The van der Waals surface area contributed by atoms with Crippen molar-refractivity contribution in [1.29, 1.82) is 0 Å². The van der Waals surface area contributed by atoms with Crippen LogP contribution in [-0.4, -0.2) is 26.4 Å². The number of hydrogen-bond donors (Lipinski definition) is 0. The highest BCUT2D eigenvalue weighted by molar-refractivity contribution is 5.24. The van der Waals surface area contributed by atoms with Crippen LogP contribution in [0.4, 0.5) is 8.78 Å². The van der Waals surface area contributed by atoms with Gasteiger partial charge in [0.05, 0.1) is 26.4 Å². The number of allylic oxidation sites excluding steroid dienone is 5. The van der Waals surface area contributed by atoms with E-state index >= 15 is 0 Å². The second-order valence-electron chi connectivity index (χ2n) is 7.99. The Morgan fingerprint density at radius 1 is 1.07 bits per heavy atom. The standard InChI is InChI=1S/C23H36F2O3/c1-5-7-17-10-13-21(28-14-17)19-11-8-18(9-12-19)15-27-20(6-2)23(25)22(24)16(3)26-4/h5,7,17-19,21H,6,8-15H2,1-4H3/b7-5+,22-16-,23-20-. The van der Waals surface area contributed by atoms with Crippen LogP contribution < -0.4 is 0 Å². The Kier molecular flexibility index (Phi) is 9.49. The number of rotatable bonds is 8. The lowest BCUT2D eigenvalue weighted by molar-refractivity contribution is -0.0513. The lowest BCUT2D eigenvalue weighted by Crippen LogP contribution is -2.34. The van der Waals surface area contributed by atoms with Crippen molar-refractivity contribution >= 4 is 0 Å². The van der Waals surface area contributed by atoms with Gasteiger partial charge < -0.3 is 14.2 Å².